The number of nitrogens with zero attached hydrogens (tertiary/aromatic N) is 2. The molecule has 2 saturated heterocycles. The van der Waals surface area contributed by atoms with E-state index >= 15 is 0 Å². The van der Waals surface area contributed by atoms with E-state index < -0.39 is 16.1 Å². The van der Waals surface area contributed by atoms with Crippen molar-refractivity contribution in [3.63, 3.8) is 0 Å². The molecule has 0 spiro atoms. The first-order valence-electron chi connectivity index (χ1n) is 9.53. The van der Waals surface area contributed by atoms with Crippen molar-refractivity contribution in [3.05, 3.63) is 26.8 Å². The number of hydrogen-bond donors (Lipinski definition) is 2. The van der Waals surface area contributed by atoms with Gasteiger partial charge in [0.25, 0.3) is 0 Å². The van der Waals surface area contributed by atoms with Crippen molar-refractivity contribution in [2.75, 3.05) is 26.2 Å². The third-order valence-electron chi connectivity index (χ3n) is 5.14. The summed E-state index contributed by atoms with van der Waals surface area (Å²) in [5.74, 6) is -0.506. The van der Waals surface area contributed by atoms with E-state index in [1.54, 1.807) is 17.0 Å². The summed E-state index contributed by atoms with van der Waals surface area (Å²) in [5, 5.41) is 1.03. The van der Waals surface area contributed by atoms with Gasteiger partial charge in [-0.15, -0.1) is 11.3 Å². The summed E-state index contributed by atoms with van der Waals surface area (Å²) in [5.41, 5.74) is 5.72. The Hall–Kier alpha value is -1.46. The lowest BCUT2D eigenvalue weighted by Crippen LogP contribution is -2.55. The van der Waals surface area contributed by atoms with E-state index in [2.05, 4.69) is 4.72 Å². The molecule has 2 aliphatic heterocycles. The average Bonchev–Trinajstić information content (AvgIpc) is 3.32. The highest BCUT2D eigenvalue weighted by Crippen LogP contribution is 2.23. The number of thiophene rings is 1. The number of rotatable bonds is 7. The summed E-state index contributed by atoms with van der Waals surface area (Å²) in [6, 6.07) is 2.54. The van der Waals surface area contributed by atoms with Crippen molar-refractivity contribution in [1.29, 1.82) is 0 Å². The van der Waals surface area contributed by atoms with E-state index in [-0.39, 0.29) is 24.4 Å². The molecule has 2 amide bonds. The van der Waals surface area contributed by atoms with Crippen LogP contribution in [0.2, 0.25) is 4.34 Å². The zero-order valence-corrected chi connectivity index (χ0v) is 18.3. The molecule has 3 heterocycles. The van der Waals surface area contributed by atoms with Crippen LogP contribution in [0.1, 0.15) is 30.6 Å². The van der Waals surface area contributed by atoms with Gasteiger partial charge in [0.2, 0.25) is 21.8 Å². The molecule has 3 N–H and O–H groups in total. The van der Waals surface area contributed by atoms with Gasteiger partial charge in [0.15, 0.2) is 0 Å². The molecule has 2 atom stereocenters. The van der Waals surface area contributed by atoms with Crippen LogP contribution in [-0.2, 0) is 19.6 Å². The van der Waals surface area contributed by atoms with Gasteiger partial charge in [0.05, 0.1) is 10.9 Å². The zero-order chi connectivity index (χ0) is 21.0. The molecule has 0 saturated carbocycles. The number of nitrogens with one attached hydrogen (secondary N) is 1. The number of hydrogen-bond acceptors (Lipinski definition) is 6. The Morgan fingerprint density at radius 2 is 2.07 bits per heavy atom. The third kappa shape index (κ3) is 5.79. The maximum atomic E-state index is 12.7. The van der Waals surface area contributed by atoms with Crippen molar-refractivity contribution in [1.82, 2.24) is 14.5 Å². The maximum Gasteiger partial charge on any atom is 0.242 e. The first-order chi connectivity index (χ1) is 13.8. The quantitative estimate of drug-likeness (QED) is 0.635. The van der Waals surface area contributed by atoms with Crippen LogP contribution < -0.4 is 10.5 Å². The molecule has 2 aliphatic rings. The van der Waals surface area contributed by atoms with Crippen LogP contribution in [0, 0.1) is 0 Å². The molecule has 0 aliphatic carbocycles. The highest BCUT2D eigenvalue weighted by atomic mass is 35.5. The lowest BCUT2D eigenvalue weighted by Gasteiger charge is -2.33. The van der Waals surface area contributed by atoms with Crippen LogP contribution in [0.25, 0.3) is 6.08 Å². The Balaban J connectivity index is 1.60. The molecule has 0 unspecified atom stereocenters. The molecule has 0 aromatic carbocycles. The lowest BCUT2D eigenvalue weighted by atomic mass is 10.1. The van der Waals surface area contributed by atoms with Gasteiger partial charge < -0.3 is 15.5 Å². The number of amides is 2. The molecule has 3 rings (SSSR count). The first-order valence-corrected chi connectivity index (χ1v) is 12.3. The summed E-state index contributed by atoms with van der Waals surface area (Å²) in [4.78, 5) is 29.2. The van der Waals surface area contributed by atoms with E-state index in [1.807, 2.05) is 0 Å². The van der Waals surface area contributed by atoms with Gasteiger partial charge in [0.1, 0.15) is 6.04 Å². The molecule has 2 fully saturated rings. The highest BCUT2D eigenvalue weighted by molar-refractivity contribution is 7.92. The molecule has 0 bridgehead atoms. The Bertz CT molecular complexity index is 886. The summed E-state index contributed by atoms with van der Waals surface area (Å²) < 4.78 is 27.7. The predicted octanol–water partition coefficient (Wildman–Crippen LogP) is 1.23. The molecule has 160 valence electrons. The van der Waals surface area contributed by atoms with Crippen molar-refractivity contribution in [2.45, 2.75) is 37.8 Å². The van der Waals surface area contributed by atoms with Crippen molar-refractivity contribution >= 4 is 50.9 Å². The van der Waals surface area contributed by atoms with Crippen molar-refractivity contribution in [2.24, 2.45) is 5.73 Å². The number of sulfonamides is 1. The smallest absolute Gasteiger partial charge is 0.242 e. The van der Waals surface area contributed by atoms with E-state index in [9.17, 15) is 18.0 Å². The number of likely N-dealkylation sites (tertiary alicyclic amines) is 2. The van der Waals surface area contributed by atoms with Gasteiger partial charge in [-0.2, -0.15) is 4.72 Å². The van der Waals surface area contributed by atoms with Gasteiger partial charge in [-0.05, 0) is 43.9 Å². The first kappa shape index (κ1) is 22.2. The monoisotopic (exact) mass is 460 g/mol. The normalized spacial score (nSPS) is 23.3. The Kier molecular flexibility index (Phi) is 7.33. The molecular formula is C18H25ClN4O4S2. The van der Waals surface area contributed by atoms with Gasteiger partial charge in [-0.3, -0.25) is 9.59 Å². The molecule has 0 radical (unpaired) electrons. The second kappa shape index (κ2) is 9.57. The van der Waals surface area contributed by atoms with E-state index in [4.69, 9.17) is 17.3 Å². The Morgan fingerprint density at radius 3 is 2.76 bits per heavy atom. The van der Waals surface area contributed by atoms with Crippen LogP contribution in [0.4, 0.5) is 0 Å². The number of piperidine rings is 1. The fourth-order valence-corrected chi connectivity index (χ4v) is 5.75. The van der Waals surface area contributed by atoms with E-state index in [0.29, 0.717) is 41.7 Å². The number of carbonyl (C=O) groups excluding carboxylic acids is 2. The predicted molar refractivity (Wildman–Crippen MR) is 114 cm³/mol. The van der Waals surface area contributed by atoms with Crippen LogP contribution in [0.3, 0.4) is 0 Å². The van der Waals surface area contributed by atoms with Crippen LogP contribution in [0.15, 0.2) is 17.5 Å². The van der Waals surface area contributed by atoms with Gasteiger partial charge in [0, 0.05) is 36.0 Å². The summed E-state index contributed by atoms with van der Waals surface area (Å²) in [6.45, 7) is 1.45. The van der Waals surface area contributed by atoms with Gasteiger partial charge in [-0.25, -0.2) is 8.42 Å². The largest absolute Gasteiger partial charge is 0.337 e. The topological polar surface area (TPSA) is 113 Å². The molecule has 29 heavy (non-hydrogen) atoms. The summed E-state index contributed by atoms with van der Waals surface area (Å²) in [7, 11) is -3.81. The fourth-order valence-electron chi connectivity index (χ4n) is 3.68. The SMILES string of the molecule is NC[C@@H]1CCCN1C(=O)CN1CCC[C@H](NS(=O)(=O)/C=C/c2ccc(Cl)s2)C1=O. The third-order valence-corrected chi connectivity index (χ3v) is 7.44. The number of halogens is 1. The second-order valence-electron chi connectivity index (χ2n) is 7.18. The maximum absolute atomic E-state index is 12.7. The van der Waals surface area contributed by atoms with Crippen LogP contribution in [-0.4, -0.2) is 68.3 Å². The Morgan fingerprint density at radius 1 is 1.31 bits per heavy atom. The highest BCUT2D eigenvalue weighted by Gasteiger charge is 2.34. The van der Waals surface area contributed by atoms with Gasteiger partial charge >= 0.3 is 0 Å². The average molecular weight is 461 g/mol. The van der Waals surface area contributed by atoms with E-state index in [0.717, 1.165) is 18.2 Å². The minimum absolute atomic E-state index is 0.0209. The van der Waals surface area contributed by atoms with Gasteiger partial charge in [-0.1, -0.05) is 11.6 Å². The molecule has 11 heteroatoms. The zero-order valence-electron chi connectivity index (χ0n) is 15.9. The second-order valence-corrected chi connectivity index (χ2v) is 10.5. The molecule has 1 aromatic rings. The molecule has 1 aromatic heterocycles. The van der Waals surface area contributed by atoms with Crippen LogP contribution >= 0.6 is 22.9 Å². The van der Waals surface area contributed by atoms with E-state index in [1.165, 1.54) is 22.3 Å². The van der Waals surface area contributed by atoms with Crippen LogP contribution in [0.5, 0.6) is 0 Å². The standard InChI is InChI=1S/C18H25ClN4O4S2/c19-16-6-5-14(28-16)7-10-29(26,27)21-15-4-2-8-22(18(15)25)12-17(24)23-9-1-3-13(23)11-20/h5-7,10,13,15,21H,1-4,8-9,11-12,20H2/b10-7+/t13-,15-/m0/s1. The van der Waals surface area contributed by atoms with Crippen molar-refractivity contribution < 1.29 is 18.0 Å². The lowest BCUT2D eigenvalue weighted by molar-refractivity contribution is -0.143. The number of carbonyl (C=O) groups is 2. The molecular weight excluding hydrogens is 436 g/mol. The minimum Gasteiger partial charge on any atom is -0.337 e. The van der Waals surface area contributed by atoms with Crippen molar-refractivity contribution in [3.8, 4) is 0 Å². The number of nitrogens with two attached hydrogens (primary N) is 1. The Labute approximate surface area is 179 Å². The fraction of sp³-hybridized carbons (Fsp3) is 0.556. The summed E-state index contributed by atoms with van der Waals surface area (Å²) >= 11 is 7.10. The summed E-state index contributed by atoms with van der Waals surface area (Å²) in [6.07, 6.45) is 4.24. The molecule has 8 nitrogen and oxygen atoms in total. The minimum atomic E-state index is -3.81.